The summed E-state index contributed by atoms with van der Waals surface area (Å²) in [4.78, 5) is 15.1. The minimum absolute atomic E-state index is 0.106. The summed E-state index contributed by atoms with van der Waals surface area (Å²) in [5, 5.41) is 0. The van der Waals surface area contributed by atoms with Crippen molar-refractivity contribution in [1.82, 2.24) is 4.90 Å². The summed E-state index contributed by atoms with van der Waals surface area (Å²) in [5.74, 6) is 3.44. The van der Waals surface area contributed by atoms with Crippen molar-refractivity contribution in [2.24, 2.45) is 0 Å². The molecule has 29 heavy (non-hydrogen) atoms. The summed E-state index contributed by atoms with van der Waals surface area (Å²) < 4.78 is 12.5. The summed E-state index contributed by atoms with van der Waals surface area (Å²) in [6.07, 6.45) is 7.10. The number of benzene rings is 2. The summed E-state index contributed by atoms with van der Waals surface area (Å²) in [6, 6.07) is 13.5. The highest BCUT2D eigenvalue weighted by Gasteiger charge is 2.32. The molecule has 0 atom stereocenters. The molecule has 7 heteroatoms. The van der Waals surface area contributed by atoms with E-state index in [2.05, 4.69) is 21.9 Å². The van der Waals surface area contributed by atoms with Gasteiger partial charge in [-0.25, -0.2) is 0 Å². The minimum atomic E-state index is -0.106. The van der Waals surface area contributed by atoms with E-state index in [1.54, 1.807) is 4.90 Å². The van der Waals surface area contributed by atoms with Gasteiger partial charge in [0.1, 0.15) is 10.9 Å². The van der Waals surface area contributed by atoms with Crippen LogP contribution in [0.4, 0.5) is 0 Å². The molecule has 0 unspecified atom stereocenters. The fourth-order valence-electron chi connectivity index (χ4n) is 2.74. The molecule has 0 N–H and O–H groups in total. The molecule has 0 radical (unpaired) electrons. The molecule has 4 nitrogen and oxygen atoms in total. The summed E-state index contributed by atoms with van der Waals surface area (Å²) in [7, 11) is 0. The lowest BCUT2D eigenvalue weighted by molar-refractivity contribution is -0.122. The molecular formula is C22H18BrNO3S2. The van der Waals surface area contributed by atoms with Gasteiger partial charge in [-0.05, 0) is 52.2 Å². The second-order valence-corrected chi connectivity index (χ2v) is 8.54. The maximum atomic E-state index is 12.9. The standard InChI is InChI=1S/C22H18BrNO3S2/c1-3-10-27-20-17(23)11-16(12-18(20)26-4-2)13-19-21(25)24(22(28)29-19)14-15-8-6-5-7-9-15/h1,5-9,11-13H,4,10,14H2,2H3/b19-13+. The number of amides is 1. The van der Waals surface area contributed by atoms with Crippen LogP contribution in [0.5, 0.6) is 11.5 Å². The van der Waals surface area contributed by atoms with Crippen LogP contribution in [0.25, 0.3) is 6.08 Å². The van der Waals surface area contributed by atoms with Crippen molar-refractivity contribution < 1.29 is 14.3 Å². The van der Waals surface area contributed by atoms with Crippen LogP contribution >= 0.6 is 39.9 Å². The van der Waals surface area contributed by atoms with Gasteiger partial charge in [-0.15, -0.1) is 6.42 Å². The number of halogens is 1. The van der Waals surface area contributed by atoms with Crippen molar-refractivity contribution in [2.75, 3.05) is 13.2 Å². The molecule has 2 aromatic carbocycles. The Balaban J connectivity index is 1.86. The van der Waals surface area contributed by atoms with Crippen LogP contribution in [0.15, 0.2) is 51.8 Å². The Bertz CT molecular complexity index is 999. The van der Waals surface area contributed by atoms with Gasteiger partial charge in [0.05, 0.1) is 22.5 Å². The van der Waals surface area contributed by atoms with E-state index in [4.69, 9.17) is 28.1 Å². The Hall–Kier alpha value is -2.27. The average Bonchev–Trinajstić information content (AvgIpc) is 2.96. The minimum Gasteiger partial charge on any atom is -0.490 e. The predicted octanol–water partition coefficient (Wildman–Crippen LogP) is 5.26. The number of rotatable bonds is 7. The molecule has 1 aliphatic heterocycles. The molecule has 1 amide bonds. The van der Waals surface area contributed by atoms with E-state index in [-0.39, 0.29) is 12.5 Å². The van der Waals surface area contributed by atoms with E-state index in [1.807, 2.05) is 55.5 Å². The molecule has 2 aromatic rings. The van der Waals surface area contributed by atoms with Gasteiger partial charge in [0.2, 0.25) is 0 Å². The third-order valence-electron chi connectivity index (χ3n) is 3.99. The number of thioether (sulfide) groups is 1. The number of hydrogen-bond donors (Lipinski definition) is 0. The third kappa shape index (κ3) is 5.21. The molecule has 1 saturated heterocycles. The van der Waals surface area contributed by atoms with Crippen molar-refractivity contribution in [3.05, 3.63) is 63.0 Å². The summed E-state index contributed by atoms with van der Waals surface area (Å²) in [6.45, 7) is 2.95. The molecule has 148 valence electrons. The van der Waals surface area contributed by atoms with Crippen LogP contribution in [-0.4, -0.2) is 28.3 Å². The number of thiocarbonyl (C=S) groups is 1. The van der Waals surface area contributed by atoms with Crippen LogP contribution < -0.4 is 9.47 Å². The van der Waals surface area contributed by atoms with E-state index < -0.39 is 0 Å². The quantitative estimate of drug-likeness (QED) is 0.302. The predicted molar refractivity (Wildman–Crippen MR) is 125 cm³/mol. The van der Waals surface area contributed by atoms with Gasteiger partial charge < -0.3 is 9.47 Å². The van der Waals surface area contributed by atoms with Gasteiger partial charge >= 0.3 is 0 Å². The fraction of sp³-hybridized carbons (Fsp3) is 0.182. The number of nitrogens with zero attached hydrogens (tertiary/aromatic N) is 1. The highest BCUT2D eigenvalue weighted by atomic mass is 79.9. The largest absolute Gasteiger partial charge is 0.490 e. The van der Waals surface area contributed by atoms with E-state index in [0.29, 0.717) is 38.3 Å². The summed E-state index contributed by atoms with van der Waals surface area (Å²) in [5.41, 5.74) is 1.83. The third-order valence-corrected chi connectivity index (χ3v) is 5.95. The first-order valence-electron chi connectivity index (χ1n) is 8.85. The molecule has 0 spiro atoms. The van der Waals surface area contributed by atoms with Gasteiger partial charge in [-0.2, -0.15) is 0 Å². The fourth-order valence-corrected chi connectivity index (χ4v) is 4.57. The van der Waals surface area contributed by atoms with Crippen LogP contribution in [0.3, 0.4) is 0 Å². The van der Waals surface area contributed by atoms with E-state index in [9.17, 15) is 4.79 Å². The van der Waals surface area contributed by atoms with Gasteiger partial charge in [-0.1, -0.05) is 60.2 Å². The van der Waals surface area contributed by atoms with E-state index >= 15 is 0 Å². The molecule has 3 rings (SSSR count). The Labute approximate surface area is 188 Å². The highest BCUT2D eigenvalue weighted by molar-refractivity contribution is 9.10. The van der Waals surface area contributed by atoms with Gasteiger partial charge in [0, 0.05) is 0 Å². The van der Waals surface area contributed by atoms with Crippen LogP contribution in [0.2, 0.25) is 0 Å². The molecule has 0 aliphatic carbocycles. The van der Waals surface area contributed by atoms with Crippen molar-refractivity contribution in [2.45, 2.75) is 13.5 Å². The number of carbonyl (C=O) groups is 1. The molecule has 1 aliphatic rings. The average molecular weight is 488 g/mol. The number of carbonyl (C=O) groups excluding carboxylic acids is 1. The van der Waals surface area contributed by atoms with Gasteiger partial charge in [-0.3, -0.25) is 9.69 Å². The monoisotopic (exact) mass is 487 g/mol. The second kappa shape index (κ2) is 9.97. The topological polar surface area (TPSA) is 38.8 Å². The highest BCUT2D eigenvalue weighted by Crippen LogP contribution is 2.39. The zero-order valence-corrected chi connectivity index (χ0v) is 18.9. The number of terminal acetylenes is 1. The van der Waals surface area contributed by atoms with Crippen molar-refractivity contribution in [3.63, 3.8) is 0 Å². The number of ether oxygens (including phenoxy) is 2. The first kappa shape index (κ1) is 21.4. The zero-order chi connectivity index (χ0) is 20.8. The Morgan fingerprint density at radius 1 is 1.28 bits per heavy atom. The normalized spacial score (nSPS) is 14.9. The smallest absolute Gasteiger partial charge is 0.266 e. The second-order valence-electron chi connectivity index (χ2n) is 6.01. The molecule has 0 saturated carbocycles. The molecule has 0 bridgehead atoms. The first-order valence-corrected chi connectivity index (χ1v) is 10.9. The van der Waals surface area contributed by atoms with Crippen molar-refractivity contribution >= 4 is 56.2 Å². The van der Waals surface area contributed by atoms with Crippen LogP contribution in [0, 0.1) is 12.3 Å². The Kier molecular flexibility index (Phi) is 7.37. The van der Waals surface area contributed by atoms with Crippen molar-refractivity contribution in [1.29, 1.82) is 0 Å². The Morgan fingerprint density at radius 2 is 2.03 bits per heavy atom. The van der Waals surface area contributed by atoms with E-state index in [0.717, 1.165) is 11.1 Å². The van der Waals surface area contributed by atoms with Crippen molar-refractivity contribution in [3.8, 4) is 23.8 Å². The summed E-state index contributed by atoms with van der Waals surface area (Å²) >= 11 is 10.2. The maximum absolute atomic E-state index is 12.9. The van der Waals surface area contributed by atoms with Crippen LogP contribution in [0.1, 0.15) is 18.1 Å². The lowest BCUT2D eigenvalue weighted by Gasteiger charge is -2.14. The van der Waals surface area contributed by atoms with Gasteiger partial charge in [0.25, 0.3) is 5.91 Å². The van der Waals surface area contributed by atoms with Crippen LogP contribution in [-0.2, 0) is 11.3 Å². The molecule has 0 aromatic heterocycles. The lowest BCUT2D eigenvalue weighted by atomic mass is 10.1. The maximum Gasteiger partial charge on any atom is 0.266 e. The first-order chi connectivity index (χ1) is 14.0. The number of hydrogen-bond acceptors (Lipinski definition) is 5. The molecule has 1 fully saturated rings. The molecular weight excluding hydrogens is 470 g/mol. The lowest BCUT2D eigenvalue weighted by Crippen LogP contribution is -2.27. The van der Waals surface area contributed by atoms with Gasteiger partial charge in [0.15, 0.2) is 11.5 Å². The van der Waals surface area contributed by atoms with E-state index in [1.165, 1.54) is 11.8 Å². The zero-order valence-electron chi connectivity index (χ0n) is 15.7. The SMILES string of the molecule is C#CCOc1c(Br)cc(/C=C2/SC(=S)N(Cc3ccccc3)C2=O)cc1OCC. The Morgan fingerprint density at radius 3 is 2.72 bits per heavy atom. The molecule has 1 heterocycles.